The normalized spacial score (nSPS) is 30.4. The molecule has 1 aromatic rings. The van der Waals surface area contributed by atoms with Crippen molar-refractivity contribution in [1.29, 1.82) is 0 Å². The third-order valence-electron chi connectivity index (χ3n) is 4.24. The maximum atomic E-state index is 12.2. The predicted octanol–water partition coefficient (Wildman–Crippen LogP) is 2.25. The second kappa shape index (κ2) is 5.12. The maximum absolute atomic E-state index is 12.2. The van der Waals surface area contributed by atoms with Gasteiger partial charge in [0.05, 0.1) is 11.8 Å². The van der Waals surface area contributed by atoms with E-state index >= 15 is 0 Å². The Labute approximate surface area is 117 Å². The van der Waals surface area contributed by atoms with Gasteiger partial charge in [-0.05, 0) is 23.8 Å². The number of esters is 1. The number of hydrogen-bond acceptors (Lipinski definition) is 3. The Morgan fingerprint density at radius 1 is 1.10 bits per heavy atom. The lowest BCUT2D eigenvalue weighted by atomic mass is 9.83. The summed E-state index contributed by atoms with van der Waals surface area (Å²) in [6, 6.07) is 9.41. The molecular formula is C16H16O4. The lowest BCUT2D eigenvalue weighted by Crippen LogP contribution is -2.34. The molecule has 104 valence electrons. The first-order chi connectivity index (χ1) is 9.66. The molecule has 0 amide bonds. The fourth-order valence-electron chi connectivity index (χ4n) is 3.31. The summed E-state index contributed by atoms with van der Waals surface area (Å²) in [5, 5.41) is 9.30. The van der Waals surface area contributed by atoms with Crippen LogP contribution in [0.2, 0.25) is 0 Å². The molecule has 2 aliphatic carbocycles. The van der Waals surface area contributed by atoms with Crippen LogP contribution in [0.1, 0.15) is 12.0 Å². The van der Waals surface area contributed by atoms with Crippen molar-refractivity contribution in [1.82, 2.24) is 0 Å². The zero-order valence-corrected chi connectivity index (χ0v) is 10.9. The van der Waals surface area contributed by atoms with Gasteiger partial charge in [0.25, 0.3) is 0 Å². The van der Waals surface area contributed by atoms with E-state index in [4.69, 9.17) is 4.74 Å². The molecule has 0 saturated heterocycles. The molecule has 4 atom stereocenters. The highest BCUT2D eigenvalue weighted by atomic mass is 16.5. The second-order valence-corrected chi connectivity index (χ2v) is 5.43. The van der Waals surface area contributed by atoms with Crippen LogP contribution >= 0.6 is 0 Å². The van der Waals surface area contributed by atoms with Gasteiger partial charge in [0, 0.05) is 0 Å². The summed E-state index contributed by atoms with van der Waals surface area (Å²) < 4.78 is 5.31. The Kier molecular flexibility index (Phi) is 3.30. The summed E-state index contributed by atoms with van der Waals surface area (Å²) in [6.45, 7) is 0.198. The quantitative estimate of drug-likeness (QED) is 0.674. The Hall–Kier alpha value is -2.10. The molecule has 0 unspecified atom stereocenters. The van der Waals surface area contributed by atoms with Gasteiger partial charge in [-0.25, -0.2) is 0 Å². The lowest BCUT2D eigenvalue weighted by Gasteiger charge is -2.23. The SMILES string of the molecule is O=C(O)[C@@H]1[C@H](C(=O)OCc2ccccc2)[C@H]2C=C[C@H]1C2. The number of ether oxygens (including phenoxy) is 1. The van der Waals surface area contributed by atoms with E-state index in [9.17, 15) is 14.7 Å². The molecule has 0 spiro atoms. The molecule has 0 aliphatic heterocycles. The number of carbonyl (C=O) groups excluding carboxylic acids is 1. The minimum absolute atomic E-state index is 0.0179. The van der Waals surface area contributed by atoms with Gasteiger partial charge in [0.2, 0.25) is 0 Å². The van der Waals surface area contributed by atoms with Crippen molar-refractivity contribution < 1.29 is 19.4 Å². The van der Waals surface area contributed by atoms with Gasteiger partial charge in [-0.2, -0.15) is 0 Å². The molecule has 0 radical (unpaired) electrons. The molecule has 4 nitrogen and oxygen atoms in total. The van der Waals surface area contributed by atoms with Gasteiger partial charge in [-0.15, -0.1) is 0 Å². The smallest absolute Gasteiger partial charge is 0.310 e. The second-order valence-electron chi connectivity index (χ2n) is 5.43. The number of fused-ring (bicyclic) bond motifs is 2. The summed E-state index contributed by atoms with van der Waals surface area (Å²) >= 11 is 0. The summed E-state index contributed by atoms with van der Waals surface area (Å²) in [7, 11) is 0. The molecule has 1 N–H and O–H groups in total. The number of carboxylic acids is 1. The fraction of sp³-hybridized carbons (Fsp3) is 0.375. The Bertz CT molecular complexity index is 549. The highest BCUT2D eigenvalue weighted by molar-refractivity contribution is 5.83. The Morgan fingerprint density at radius 2 is 1.75 bits per heavy atom. The van der Waals surface area contributed by atoms with E-state index in [1.54, 1.807) is 0 Å². The van der Waals surface area contributed by atoms with Crippen molar-refractivity contribution in [2.45, 2.75) is 13.0 Å². The number of hydrogen-bond donors (Lipinski definition) is 1. The average molecular weight is 272 g/mol. The first-order valence-corrected chi connectivity index (χ1v) is 6.78. The molecule has 1 saturated carbocycles. The molecule has 4 heteroatoms. The van der Waals surface area contributed by atoms with E-state index < -0.39 is 23.8 Å². The minimum Gasteiger partial charge on any atom is -0.481 e. The van der Waals surface area contributed by atoms with E-state index in [0.717, 1.165) is 12.0 Å². The number of allylic oxidation sites excluding steroid dienone is 2. The van der Waals surface area contributed by atoms with E-state index in [1.165, 1.54) is 0 Å². The topological polar surface area (TPSA) is 63.6 Å². The maximum Gasteiger partial charge on any atom is 0.310 e. The molecular weight excluding hydrogens is 256 g/mol. The first kappa shape index (κ1) is 12.9. The zero-order valence-electron chi connectivity index (χ0n) is 10.9. The van der Waals surface area contributed by atoms with E-state index in [0.29, 0.717) is 0 Å². The Morgan fingerprint density at radius 3 is 2.40 bits per heavy atom. The molecule has 1 fully saturated rings. The van der Waals surface area contributed by atoms with E-state index in [1.807, 2.05) is 42.5 Å². The van der Waals surface area contributed by atoms with Gasteiger partial charge >= 0.3 is 11.9 Å². The third-order valence-corrected chi connectivity index (χ3v) is 4.24. The number of carbonyl (C=O) groups is 2. The summed E-state index contributed by atoms with van der Waals surface area (Å²) in [4.78, 5) is 23.5. The van der Waals surface area contributed by atoms with Crippen LogP contribution in [0.15, 0.2) is 42.5 Å². The van der Waals surface area contributed by atoms with Crippen molar-refractivity contribution in [3.63, 3.8) is 0 Å². The van der Waals surface area contributed by atoms with Crippen LogP contribution in [0.3, 0.4) is 0 Å². The van der Waals surface area contributed by atoms with Crippen molar-refractivity contribution >= 4 is 11.9 Å². The summed E-state index contributed by atoms with van der Waals surface area (Å²) in [6.07, 6.45) is 4.63. The van der Waals surface area contributed by atoms with Gasteiger partial charge in [0.15, 0.2) is 0 Å². The van der Waals surface area contributed by atoms with E-state index in [2.05, 4.69) is 0 Å². The number of benzene rings is 1. The minimum atomic E-state index is -0.900. The van der Waals surface area contributed by atoms with Crippen molar-refractivity contribution in [3.05, 3.63) is 48.0 Å². The molecule has 20 heavy (non-hydrogen) atoms. The van der Waals surface area contributed by atoms with Crippen LogP contribution in [-0.4, -0.2) is 17.0 Å². The van der Waals surface area contributed by atoms with Crippen LogP contribution in [0.4, 0.5) is 0 Å². The third kappa shape index (κ3) is 2.22. The van der Waals surface area contributed by atoms with Gasteiger partial charge in [-0.3, -0.25) is 9.59 Å². The van der Waals surface area contributed by atoms with Crippen LogP contribution < -0.4 is 0 Å². The molecule has 0 aromatic heterocycles. The highest BCUT2D eigenvalue weighted by Crippen LogP contribution is 2.48. The Balaban J connectivity index is 1.68. The number of rotatable bonds is 4. The van der Waals surface area contributed by atoms with Crippen LogP contribution in [-0.2, 0) is 20.9 Å². The monoisotopic (exact) mass is 272 g/mol. The first-order valence-electron chi connectivity index (χ1n) is 6.78. The predicted molar refractivity (Wildman–Crippen MR) is 71.6 cm³/mol. The fourth-order valence-corrected chi connectivity index (χ4v) is 3.31. The van der Waals surface area contributed by atoms with Gasteiger partial charge in [-0.1, -0.05) is 42.5 Å². The molecule has 0 heterocycles. The highest BCUT2D eigenvalue weighted by Gasteiger charge is 2.52. The molecule has 1 aromatic carbocycles. The van der Waals surface area contributed by atoms with Crippen LogP contribution in [0.25, 0.3) is 0 Å². The van der Waals surface area contributed by atoms with Crippen molar-refractivity contribution in [3.8, 4) is 0 Å². The number of aliphatic carboxylic acids is 1. The standard InChI is InChI=1S/C16H16O4/c17-15(18)13-11-6-7-12(8-11)14(13)16(19)20-9-10-4-2-1-3-5-10/h1-7,11-14H,8-9H2,(H,17,18)/t11-,12-,13-,14+/m0/s1. The molecule has 3 rings (SSSR count). The van der Waals surface area contributed by atoms with Crippen molar-refractivity contribution in [2.24, 2.45) is 23.7 Å². The lowest BCUT2D eigenvalue weighted by molar-refractivity contribution is -0.159. The van der Waals surface area contributed by atoms with Gasteiger partial charge < -0.3 is 9.84 Å². The number of carboxylic acid groups (broad SMARTS) is 1. The van der Waals surface area contributed by atoms with Gasteiger partial charge in [0.1, 0.15) is 6.61 Å². The summed E-state index contributed by atoms with van der Waals surface area (Å²) in [5.41, 5.74) is 0.909. The summed E-state index contributed by atoms with van der Waals surface area (Å²) in [5.74, 6) is -2.46. The molecule has 2 aliphatic rings. The molecule has 2 bridgehead atoms. The van der Waals surface area contributed by atoms with E-state index in [-0.39, 0.29) is 18.4 Å². The zero-order chi connectivity index (χ0) is 14.1. The van der Waals surface area contributed by atoms with Crippen molar-refractivity contribution in [2.75, 3.05) is 0 Å². The average Bonchev–Trinajstić information content (AvgIpc) is 3.06. The van der Waals surface area contributed by atoms with Crippen LogP contribution in [0.5, 0.6) is 0 Å². The van der Waals surface area contributed by atoms with Crippen LogP contribution in [0, 0.1) is 23.7 Å². The largest absolute Gasteiger partial charge is 0.481 e.